The van der Waals surface area contributed by atoms with E-state index in [4.69, 9.17) is 17.3 Å². The van der Waals surface area contributed by atoms with Crippen molar-refractivity contribution >= 4 is 34.0 Å². The SMILES string of the molecule is Nc1ccc2c(NCc3ccccc3Cl)ncnc2c1. The van der Waals surface area contributed by atoms with Crippen molar-refractivity contribution in [3.05, 3.63) is 59.4 Å². The van der Waals surface area contributed by atoms with Crippen LogP contribution < -0.4 is 11.1 Å². The van der Waals surface area contributed by atoms with Gasteiger partial charge in [-0.3, -0.25) is 0 Å². The van der Waals surface area contributed by atoms with Gasteiger partial charge in [-0.1, -0.05) is 29.8 Å². The van der Waals surface area contributed by atoms with Crippen molar-refractivity contribution < 1.29 is 0 Å². The monoisotopic (exact) mass is 284 g/mol. The molecule has 0 amide bonds. The first kappa shape index (κ1) is 12.7. The van der Waals surface area contributed by atoms with Crippen molar-refractivity contribution in [3.8, 4) is 0 Å². The first-order valence-electron chi connectivity index (χ1n) is 6.21. The summed E-state index contributed by atoms with van der Waals surface area (Å²) in [5, 5.41) is 4.97. The Balaban J connectivity index is 1.90. The van der Waals surface area contributed by atoms with Crippen LogP contribution in [0.25, 0.3) is 10.9 Å². The Morgan fingerprint density at radius 2 is 1.95 bits per heavy atom. The third-order valence-corrected chi connectivity index (χ3v) is 3.43. The first-order valence-corrected chi connectivity index (χ1v) is 6.59. The Morgan fingerprint density at radius 3 is 2.80 bits per heavy atom. The Morgan fingerprint density at radius 1 is 1.10 bits per heavy atom. The van der Waals surface area contributed by atoms with E-state index in [-0.39, 0.29) is 0 Å². The molecule has 0 aliphatic carbocycles. The summed E-state index contributed by atoms with van der Waals surface area (Å²) in [6.07, 6.45) is 1.52. The third kappa shape index (κ3) is 2.51. The van der Waals surface area contributed by atoms with E-state index in [1.807, 2.05) is 42.5 Å². The number of fused-ring (bicyclic) bond motifs is 1. The number of rotatable bonds is 3. The lowest BCUT2D eigenvalue weighted by Gasteiger charge is -2.09. The summed E-state index contributed by atoms with van der Waals surface area (Å²) in [6.45, 7) is 0.607. The number of nitrogens with one attached hydrogen (secondary N) is 1. The van der Waals surface area contributed by atoms with Crippen LogP contribution in [0.4, 0.5) is 11.5 Å². The second-order valence-corrected chi connectivity index (χ2v) is 4.85. The number of benzene rings is 2. The fraction of sp³-hybridized carbons (Fsp3) is 0.0667. The summed E-state index contributed by atoms with van der Waals surface area (Å²) >= 11 is 6.14. The second kappa shape index (κ2) is 5.35. The fourth-order valence-corrected chi connectivity index (χ4v) is 2.24. The van der Waals surface area contributed by atoms with Crippen LogP contribution in [0.3, 0.4) is 0 Å². The Kier molecular flexibility index (Phi) is 3.39. The molecule has 0 bridgehead atoms. The molecule has 1 heterocycles. The van der Waals surface area contributed by atoms with E-state index >= 15 is 0 Å². The number of anilines is 2. The van der Waals surface area contributed by atoms with Gasteiger partial charge in [0.1, 0.15) is 12.1 Å². The highest BCUT2D eigenvalue weighted by molar-refractivity contribution is 6.31. The molecule has 0 atom stereocenters. The van der Waals surface area contributed by atoms with Crippen LogP contribution in [-0.2, 0) is 6.54 Å². The zero-order chi connectivity index (χ0) is 13.9. The lowest BCUT2D eigenvalue weighted by molar-refractivity contribution is 1.10. The zero-order valence-electron chi connectivity index (χ0n) is 10.7. The van der Waals surface area contributed by atoms with E-state index in [9.17, 15) is 0 Å². The molecule has 5 heteroatoms. The summed E-state index contributed by atoms with van der Waals surface area (Å²) in [6, 6.07) is 13.3. The summed E-state index contributed by atoms with van der Waals surface area (Å²) in [5.74, 6) is 0.773. The molecule has 100 valence electrons. The number of hydrogen-bond acceptors (Lipinski definition) is 4. The van der Waals surface area contributed by atoms with E-state index in [0.717, 1.165) is 27.3 Å². The van der Waals surface area contributed by atoms with Crippen molar-refractivity contribution in [1.82, 2.24) is 9.97 Å². The van der Waals surface area contributed by atoms with Gasteiger partial charge in [0.25, 0.3) is 0 Å². The van der Waals surface area contributed by atoms with Crippen LogP contribution in [0.2, 0.25) is 5.02 Å². The highest BCUT2D eigenvalue weighted by Crippen LogP contribution is 2.22. The second-order valence-electron chi connectivity index (χ2n) is 4.44. The van der Waals surface area contributed by atoms with E-state index in [1.165, 1.54) is 6.33 Å². The molecule has 0 saturated carbocycles. The third-order valence-electron chi connectivity index (χ3n) is 3.06. The van der Waals surface area contributed by atoms with Crippen molar-refractivity contribution in [2.24, 2.45) is 0 Å². The Hall–Kier alpha value is -2.33. The number of halogens is 1. The van der Waals surface area contributed by atoms with Gasteiger partial charge in [-0.05, 0) is 29.8 Å². The fourth-order valence-electron chi connectivity index (χ4n) is 2.04. The molecular weight excluding hydrogens is 272 g/mol. The molecule has 0 aliphatic rings. The average molecular weight is 285 g/mol. The maximum atomic E-state index is 6.14. The molecule has 0 saturated heterocycles. The standard InChI is InChI=1S/C15H13ClN4/c16-13-4-2-1-3-10(13)8-18-15-12-6-5-11(17)7-14(12)19-9-20-15/h1-7,9H,8,17H2,(H,18,19,20). The van der Waals surface area contributed by atoms with Gasteiger partial charge in [-0.2, -0.15) is 0 Å². The van der Waals surface area contributed by atoms with Gasteiger partial charge < -0.3 is 11.1 Å². The normalized spacial score (nSPS) is 10.7. The Bertz CT molecular complexity index is 758. The highest BCUT2D eigenvalue weighted by atomic mass is 35.5. The summed E-state index contributed by atoms with van der Waals surface area (Å²) in [4.78, 5) is 8.49. The maximum absolute atomic E-state index is 6.14. The molecule has 0 fully saturated rings. The van der Waals surface area contributed by atoms with E-state index in [2.05, 4.69) is 15.3 Å². The quantitative estimate of drug-likeness (QED) is 0.723. The number of hydrogen-bond donors (Lipinski definition) is 2. The minimum absolute atomic E-state index is 0.607. The lowest BCUT2D eigenvalue weighted by Crippen LogP contribution is -2.03. The van der Waals surface area contributed by atoms with Crippen LogP contribution in [0.5, 0.6) is 0 Å². The predicted molar refractivity (Wildman–Crippen MR) is 82.7 cm³/mol. The molecule has 4 nitrogen and oxygen atoms in total. The number of aromatic nitrogens is 2. The van der Waals surface area contributed by atoms with Crippen LogP contribution in [0.15, 0.2) is 48.8 Å². The maximum Gasteiger partial charge on any atom is 0.137 e. The number of nitrogens with two attached hydrogens (primary N) is 1. The van der Waals surface area contributed by atoms with Crippen molar-refractivity contribution in [3.63, 3.8) is 0 Å². The van der Waals surface area contributed by atoms with Gasteiger partial charge in [0.15, 0.2) is 0 Å². The van der Waals surface area contributed by atoms with Gasteiger partial charge in [-0.15, -0.1) is 0 Å². The van der Waals surface area contributed by atoms with Crippen LogP contribution in [0, 0.1) is 0 Å². The largest absolute Gasteiger partial charge is 0.399 e. The van der Waals surface area contributed by atoms with Crippen molar-refractivity contribution in [1.29, 1.82) is 0 Å². The smallest absolute Gasteiger partial charge is 0.137 e. The molecule has 3 aromatic rings. The minimum atomic E-state index is 0.607. The topological polar surface area (TPSA) is 63.8 Å². The van der Waals surface area contributed by atoms with E-state index in [0.29, 0.717) is 12.2 Å². The lowest BCUT2D eigenvalue weighted by atomic mass is 10.2. The highest BCUT2D eigenvalue weighted by Gasteiger charge is 2.05. The molecule has 0 spiro atoms. The molecule has 3 N–H and O–H groups in total. The van der Waals surface area contributed by atoms with Crippen molar-refractivity contribution in [2.75, 3.05) is 11.1 Å². The molecule has 20 heavy (non-hydrogen) atoms. The van der Waals surface area contributed by atoms with Gasteiger partial charge in [0, 0.05) is 22.6 Å². The van der Waals surface area contributed by atoms with Gasteiger partial charge in [-0.25, -0.2) is 9.97 Å². The average Bonchev–Trinajstić information content (AvgIpc) is 2.46. The van der Waals surface area contributed by atoms with Gasteiger partial charge in [0.2, 0.25) is 0 Å². The van der Waals surface area contributed by atoms with Crippen molar-refractivity contribution in [2.45, 2.75) is 6.54 Å². The van der Waals surface area contributed by atoms with Crippen LogP contribution in [0.1, 0.15) is 5.56 Å². The summed E-state index contributed by atoms with van der Waals surface area (Å²) in [5.41, 5.74) is 8.29. The Labute approximate surface area is 121 Å². The molecule has 0 aliphatic heterocycles. The molecule has 0 unspecified atom stereocenters. The first-order chi connectivity index (χ1) is 9.74. The molecule has 0 radical (unpaired) electrons. The van der Waals surface area contributed by atoms with Gasteiger partial charge >= 0.3 is 0 Å². The summed E-state index contributed by atoms with van der Waals surface area (Å²) < 4.78 is 0. The van der Waals surface area contributed by atoms with Crippen LogP contribution >= 0.6 is 11.6 Å². The number of nitrogen functional groups attached to an aromatic ring is 1. The minimum Gasteiger partial charge on any atom is -0.399 e. The van der Waals surface area contributed by atoms with Gasteiger partial charge in [0.05, 0.1) is 5.52 Å². The molecule has 1 aromatic heterocycles. The molecule has 3 rings (SSSR count). The molecule has 2 aromatic carbocycles. The predicted octanol–water partition coefficient (Wildman–Crippen LogP) is 3.48. The van der Waals surface area contributed by atoms with E-state index < -0.39 is 0 Å². The van der Waals surface area contributed by atoms with E-state index in [1.54, 1.807) is 0 Å². The van der Waals surface area contributed by atoms with Crippen LogP contribution in [-0.4, -0.2) is 9.97 Å². The number of nitrogens with zero attached hydrogens (tertiary/aromatic N) is 2. The molecular formula is C15H13ClN4. The zero-order valence-corrected chi connectivity index (χ0v) is 11.4. The summed E-state index contributed by atoms with van der Waals surface area (Å²) in [7, 11) is 0.